The normalized spacial score (nSPS) is 14.8. The summed E-state index contributed by atoms with van der Waals surface area (Å²) in [5.41, 5.74) is 3.68. The van der Waals surface area contributed by atoms with Gasteiger partial charge in [-0.2, -0.15) is 0 Å². The summed E-state index contributed by atoms with van der Waals surface area (Å²) in [5.74, 6) is 1.14. The lowest BCUT2D eigenvalue weighted by Gasteiger charge is -2.14. The van der Waals surface area contributed by atoms with Gasteiger partial charge in [-0.05, 0) is 30.5 Å². The Labute approximate surface area is 194 Å². The molecular weight excluding hydrogens is 430 g/mol. The van der Waals surface area contributed by atoms with Crippen molar-refractivity contribution in [3.63, 3.8) is 0 Å². The van der Waals surface area contributed by atoms with Gasteiger partial charge in [0, 0.05) is 15.8 Å². The molecule has 1 N–H and O–H groups in total. The first-order chi connectivity index (χ1) is 16.2. The monoisotopic (exact) mass is 449 g/mol. The molecule has 2 aromatic heterocycles. The Kier molecular flexibility index (Phi) is 4.62. The number of nitrogens with zero attached hydrogens (tertiary/aromatic N) is 4. The number of carbonyl (C=O) groups excluding carboxylic acids is 1. The van der Waals surface area contributed by atoms with Crippen molar-refractivity contribution in [2.24, 2.45) is 4.99 Å². The van der Waals surface area contributed by atoms with Crippen molar-refractivity contribution in [1.82, 2.24) is 20.1 Å². The van der Waals surface area contributed by atoms with Gasteiger partial charge in [-0.25, -0.2) is 0 Å². The number of para-hydroxylation sites is 1. The standard InChI is InChI=1S/C26H19N5OS/c1-16-29-30-25-24(28-26(32)22-15-18-11-5-8-14-21(18)33-22)27-23(17-9-3-2-4-10-17)19-12-6-7-13-20(19)31(16)25/h2-15,24H,1H3,(H,28,32). The Morgan fingerprint density at radius 2 is 1.70 bits per heavy atom. The molecule has 0 spiro atoms. The molecule has 3 aromatic carbocycles. The number of aryl methyl sites for hydroxylation is 1. The molecule has 5 aromatic rings. The molecule has 0 saturated carbocycles. The first kappa shape index (κ1) is 19.6. The molecule has 0 bridgehead atoms. The van der Waals surface area contributed by atoms with E-state index in [1.807, 2.05) is 96.4 Å². The van der Waals surface area contributed by atoms with E-state index in [4.69, 9.17) is 4.99 Å². The van der Waals surface area contributed by atoms with Gasteiger partial charge in [-0.1, -0.05) is 66.7 Å². The van der Waals surface area contributed by atoms with Gasteiger partial charge in [-0.3, -0.25) is 14.4 Å². The third-order valence-electron chi connectivity index (χ3n) is 5.72. The zero-order chi connectivity index (χ0) is 22.4. The number of hydrogen-bond acceptors (Lipinski definition) is 5. The minimum Gasteiger partial charge on any atom is -0.323 e. The topological polar surface area (TPSA) is 72.2 Å². The Morgan fingerprint density at radius 3 is 2.55 bits per heavy atom. The fourth-order valence-corrected chi connectivity index (χ4v) is 5.16. The largest absolute Gasteiger partial charge is 0.323 e. The number of nitrogens with one attached hydrogen (secondary N) is 1. The van der Waals surface area contributed by atoms with Crippen LogP contribution in [-0.2, 0) is 0 Å². The lowest BCUT2D eigenvalue weighted by atomic mass is 10.0. The lowest BCUT2D eigenvalue weighted by molar-refractivity contribution is 0.0940. The summed E-state index contributed by atoms with van der Waals surface area (Å²) >= 11 is 1.47. The average molecular weight is 450 g/mol. The zero-order valence-corrected chi connectivity index (χ0v) is 18.6. The van der Waals surface area contributed by atoms with Crippen LogP contribution in [-0.4, -0.2) is 26.4 Å². The highest BCUT2D eigenvalue weighted by Gasteiger charge is 2.29. The van der Waals surface area contributed by atoms with Crippen molar-refractivity contribution < 1.29 is 4.79 Å². The molecule has 1 atom stereocenters. The van der Waals surface area contributed by atoms with E-state index in [1.54, 1.807) is 0 Å². The maximum atomic E-state index is 13.3. The van der Waals surface area contributed by atoms with Gasteiger partial charge in [0.05, 0.1) is 16.3 Å². The molecule has 1 aliphatic heterocycles. The van der Waals surface area contributed by atoms with E-state index >= 15 is 0 Å². The van der Waals surface area contributed by atoms with Crippen LogP contribution in [0.4, 0.5) is 0 Å². The first-order valence-corrected chi connectivity index (χ1v) is 11.4. The van der Waals surface area contributed by atoms with Crippen LogP contribution in [0.15, 0.2) is 89.9 Å². The minimum atomic E-state index is -0.688. The first-order valence-electron chi connectivity index (χ1n) is 10.6. The predicted molar refractivity (Wildman–Crippen MR) is 130 cm³/mol. The van der Waals surface area contributed by atoms with Gasteiger partial charge in [-0.15, -0.1) is 21.5 Å². The fourth-order valence-electron chi connectivity index (χ4n) is 4.19. The van der Waals surface area contributed by atoms with Crippen molar-refractivity contribution in [3.05, 3.63) is 113 Å². The van der Waals surface area contributed by atoms with E-state index < -0.39 is 6.17 Å². The Bertz CT molecular complexity index is 1500. The summed E-state index contributed by atoms with van der Waals surface area (Å²) in [7, 11) is 0. The molecule has 6 nitrogen and oxygen atoms in total. The minimum absolute atomic E-state index is 0.185. The predicted octanol–water partition coefficient (Wildman–Crippen LogP) is 5.07. The van der Waals surface area contributed by atoms with Crippen molar-refractivity contribution in [1.29, 1.82) is 0 Å². The maximum Gasteiger partial charge on any atom is 0.263 e. The van der Waals surface area contributed by atoms with Crippen molar-refractivity contribution >= 4 is 33.0 Å². The van der Waals surface area contributed by atoms with E-state index in [1.165, 1.54) is 11.3 Å². The summed E-state index contributed by atoms with van der Waals surface area (Å²) in [5, 5.41) is 12.9. The van der Waals surface area contributed by atoms with E-state index in [0.29, 0.717) is 10.7 Å². The van der Waals surface area contributed by atoms with Gasteiger partial charge < -0.3 is 5.32 Å². The van der Waals surface area contributed by atoms with E-state index in [0.717, 1.165) is 38.4 Å². The van der Waals surface area contributed by atoms with Gasteiger partial charge in [0.15, 0.2) is 12.0 Å². The highest BCUT2D eigenvalue weighted by molar-refractivity contribution is 7.20. The van der Waals surface area contributed by atoms with Crippen molar-refractivity contribution in [2.75, 3.05) is 0 Å². The van der Waals surface area contributed by atoms with Crippen molar-refractivity contribution in [3.8, 4) is 5.69 Å². The molecule has 6 rings (SSSR count). The second-order valence-corrected chi connectivity index (χ2v) is 8.91. The van der Waals surface area contributed by atoms with E-state index in [-0.39, 0.29) is 5.91 Å². The zero-order valence-electron chi connectivity index (χ0n) is 17.8. The molecule has 0 fully saturated rings. The summed E-state index contributed by atoms with van der Waals surface area (Å²) in [6.07, 6.45) is -0.688. The smallest absolute Gasteiger partial charge is 0.263 e. The molecule has 1 aliphatic rings. The quantitative estimate of drug-likeness (QED) is 0.418. The van der Waals surface area contributed by atoms with Crippen LogP contribution in [0.3, 0.4) is 0 Å². The molecule has 0 radical (unpaired) electrons. The van der Waals surface area contributed by atoms with Gasteiger partial charge in [0.1, 0.15) is 5.82 Å². The number of aromatic nitrogens is 3. The highest BCUT2D eigenvalue weighted by atomic mass is 32.1. The van der Waals surface area contributed by atoms with Gasteiger partial charge in [0.2, 0.25) is 0 Å². The molecule has 0 saturated heterocycles. The number of aliphatic imine (C=N–C) groups is 1. The third kappa shape index (κ3) is 3.34. The van der Waals surface area contributed by atoms with E-state index in [9.17, 15) is 4.79 Å². The molecule has 0 aliphatic carbocycles. The number of amides is 1. The molecular formula is C26H19N5OS. The van der Waals surface area contributed by atoms with Crippen LogP contribution in [0, 0.1) is 6.92 Å². The summed E-state index contributed by atoms with van der Waals surface area (Å²) in [6, 6.07) is 28.0. The maximum absolute atomic E-state index is 13.3. The van der Waals surface area contributed by atoms with Crippen LogP contribution in [0.25, 0.3) is 15.8 Å². The summed E-state index contributed by atoms with van der Waals surface area (Å²) in [4.78, 5) is 19.0. The number of hydrogen-bond donors (Lipinski definition) is 1. The molecule has 1 amide bonds. The van der Waals surface area contributed by atoms with Crippen LogP contribution in [0.1, 0.15) is 38.6 Å². The second-order valence-electron chi connectivity index (χ2n) is 7.83. The van der Waals surface area contributed by atoms with Crippen LogP contribution >= 0.6 is 11.3 Å². The molecule has 3 heterocycles. The fraction of sp³-hybridized carbons (Fsp3) is 0.0769. The molecule has 160 valence electrons. The van der Waals surface area contributed by atoms with Gasteiger partial charge >= 0.3 is 0 Å². The lowest BCUT2D eigenvalue weighted by Crippen LogP contribution is -2.29. The average Bonchev–Trinajstić information content (AvgIpc) is 3.42. The number of thiophene rings is 1. The van der Waals surface area contributed by atoms with Gasteiger partial charge in [0.25, 0.3) is 5.91 Å². The number of rotatable bonds is 3. The number of carbonyl (C=O) groups is 1. The third-order valence-corrected chi connectivity index (χ3v) is 6.83. The Morgan fingerprint density at radius 1 is 0.939 bits per heavy atom. The molecule has 33 heavy (non-hydrogen) atoms. The molecule has 7 heteroatoms. The van der Waals surface area contributed by atoms with Crippen LogP contribution < -0.4 is 5.32 Å². The Balaban J connectivity index is 1.49. The highest BCUT2D eigenvalue weighted by Crippen LogP contribution is 2.31. The SMILES string of the molecule is Cc1nnc2n1-c1ccccc1C(c1ccccc1)=NC2NC(=O)c1cc2ccccc2s1. The number of fused-ring (bicyclic) bond motifs is 4. The Hall–Kier alpha value is -4.10. The molecule has 1 unspecified atom stereocenters. The second kappa shape index (κ2) is 7.79. The summed E-state index contributed by atoms with van der Waals surface area (Å²) in [6.45, 7) is 1.91. The van der Waals surface area contributed by atoms with Crippen LogP contribution in [0.2, 0.25) is 0 Å². The van der Waals surface area contributed by atoms with Crippen LogP contribution in [0.5, 0.6) is 0 Å². The van der Waals surface area contributed by atoms with E-state index in [2.05, 4.69) is 15.5 Å². The summed E-state index contributed by atoms with van der Waals surface area (Å²) < 4.78 is 3.05. The number of benzene rings is 3. The van der Waals surface area contributed by atoms with Crippen molar-refractivity contribution in [2.45, 2.75) is 13.1 Å².